The summed E-state index contributed by atoms with van der Waals surface area (Å²) < 4.78 is 26.5. The van der Waals surface area contributed by atoms with Gasteiger partial charge < -0.3 is 0 Å². The van der Waals surface area contributed by atoms with E-state index in [4.69, 9.17) is 0 Å². The molecule has 0 saturated heterocycles. The van der Waals surface area contributed by atoms with Crippen molar-refractivity contribution >= 4 is 47.7 Å². The molecule has 0 unspecified atom stereocenters. The van der Waals surface area contributed by atoms with Crippen LogP contribution in [0.15, 0.2) is 15.4 Å². The van der Waals surface area contributed by atoms with Gasteiger partial charge >= 0.3 is 0 Å². The second-order valence-electron chi connectivity index (χ2n) is 3.18. The summed E-state index contributed by atoms with van der Waals surface area (Å²) in [5, 5.41) is -0.269. The molecule has 8 heteroatoms. The maximum absolute atomic E-state index is 11.6. The number of halogens is 2. The van der Waals surface area contributed by atoms with E-state index in [-0.39, 0.29) is 11.1 Å². The summed E-state index contributed by atoms with van der Waals surface area (Å²) in [6, 6.07) is 0. The fourth-order valence-electron chi connectivity index (χ4n) is 1.01. The zero-order valence-electron chi connectivity index (χ0n) is 7.44. The van der Waals surface area contributed by atoms with Crippen molar-refractivity contribution < 1.29 is 8.42 Å². The molecule has 0 bridgehead atoms. The molecule has 1 aromatic rings. The van der Waals surface area contributed by atoms with Gasteiger partial charge in [-0.1, -0.05) is 0 Å². The molecule has 0 amide bonds. The molecule has 0 radical (unpaired) electrons. The molecular weight excluding hydrogens is 350 g/mol. The molecule has 1 aromatic heterocycles. The fraction of sp³-hybridized carbons (Fsp3) is 0.429. The van der Waals surface area contributed by atoms with Gasteiger partial charge in [-0.25, -0.2) is 18.4 Å². The van der Waals surface area contributed by atoms with Gasteiger partial charge in [-0.3, -0.25) is 4.72 Å². The third-order valence-electron chi connectivity index (χ3n) is 1.90. The number of aromatic nitrogens is 2. The van der Waals surface area contributed by atoms with Crippen molar-refractivity contribution in [2.24, 2.45) is 0 Å². The Morgan fingerprint density at radius 3 is 2.60 bits per heavy atom. The van der Waals surface area contributed by atoms with Crippen molar-refractivity contribution in [3.05, 3.63) is 15.4 Å². The lowest BCUT2D eigenvalue weighted by atomic mass is 10.7. The zero-order valence-corrected chi connectivity index (χ0v) is 11.4. The van der Waals surface area contributed by atoms with Gasteiger partial charge in [-0.05, 0) is 44.7 Å². The second-order valence-corrected chi connectivity index (χ2v) is 6.70. The fourth-order valence-corrected chi connectivity index (χ4v) is 3.40. The number of hydrogen-bond acceptors (Lipinski definition) is 4. The third-order valence-corrected chi connectivity index (χ3v) is 4.66. The van der Waals surface area contributed by atoms with Crippen LogP contribution in [0.4, 0.5) is 5.82 Å². The van der Waals surface area contributed by atoms with Crippen molar-refractivity contribution in [2.45, 2.75) is 18.1 Å². The Hall–Kier alpha value is -0.210. The van der Waals surface area contributed by atoms with Gasteiger partial charge in [-0.15, -0.1) is 0 Å². The Bertz CT molecular complexity index is 487. The average molecular weight is 357 g/mol. The first-order valence-corrected chi connectivity index (χ1v) is 7.32. The Balaban J connectivity index is 2.24. The summed E-state index contributed by atoms with van der Waals surface area (Å²) in [7, 11) is -3.27. The standard InChI is InChI=1S/C7H7Br2N3O2S/c8-5-3-10-7(6(9)11-5)12-15(13,14)4-1-2-4/h3-4H,1-2H2,(H,10,12). The van der Waals surface area contributed by atoms with E-state index in [0.717, 1.165) is 12.8 Å². The van der Waals surface area contributed by atoms with Crippen molar-refractivity contribution in [1.82, 2.24) is 9.97 Å². The van der Waals surface area contributed by atoms with Gasteiger partial charge in [0.25, 0.3) is 0 Å². The van der Waals surface area contributed by atoms with Gasteiger partial charge in [-0.2, -0.15) is 0 Å². The molecule has 0 spiro atoms. The molecule has 0 aliphatic heterocycles. The normalized spacial score (nSPS) is 16.4. The first-order valence-electron chi connectivity index (χ1n) is 4.19. The molecular formula is C7H7Br2N3O2S. The average Bonchev–Trinajstić information content (AvgIpc) is 2.92. The van der Waals surface area contributed by atoms with E-state index >= 15 is 0 Å². The quantitative estimate of drug-likeness (QED) is 0.897. The van der Waals surface area contributed by atoms with Crippen LogP contribution in [0.25, 0.3) is 0 Å². The van der Waals surface area contributed by atoms with Crippen molar-refractivity contribution in [2.75, 3.05) is 4.72 Å². The second kappa shape index (κ2) is 3.99. The van der Waals surface area contributed by atoms with Gasteiger partial charge in [0.05, 0.1) is 11.4 Å². The number of nitrogens with zero attached hydrogens (tertiary/aromatic N) is 2. The Labute approximate surface area is 104 Å². The summed E-state index contributed by atoms with van der Waals surface area (Å²) in [5.74, 6) is 0.227. The van der Waals surface area contributed by atoms with Gasteiger partial charge in [0, 0.05) is 0 Å². The number of rotatable bonds is 3. The molecule has 1 aliphatic rings. The highest BCUT2D eigenvalue weighted by molar-refractivity contribution is 9.11. The summed E-state index contributed by atoms with van der Waals surface area (Å²) in [4.78, 5) is 7.91. The topological polar surface area (TPSA) is 72.0 Å². The van der Waals surface area contributed by atoms with Crippen LogP contribution in [0, 0.1) is 0 Å². The minimum atomic E-state index is -3.27. The first-order chi connectivity index (χ1) is 6.99. The highest BCUT2D eigenvalue weighted by Gasteiger charge is 2.36. The third kappa shape index (κ3) is 2.67. The van der Waals surface area contributed by atoms with E-state index in [1.807, 2.05) is 0 Å². The lowest BCUT2D eigenvalue weighted by Gasteiger charge is -2.06. The SMILES string of the molecule is O=S(=O)(Nc1ncc(Br)nc1Br)C1CC1. The summed E-state index contributed by atoms with van der Waals surface area (Å²) in [5.41, 5.74) is 0. The van der Waals surface area contributed by atoms with E-state index < -0.39 is 10.0 Å². The Kier molecular flexibility index (Phi) is 3.00. The molecule has 15 heavy (non-hydrogen) atoms. The van der Waals surface area contributed by atoms with Crippen LogP contribution in [-0.4, -0.2) is 23.6 Å². The molecule has 1 saturated carbocycles. The minimum absolute atomic E-state index is 0.227. The maximum atomic E-state index is 11.6. The molecule has 0 aromatic carbocycles. The van der Waals surface area contributed by atoms with E-state index in [0.29, 0.717) is 9.21 Å². The molecule has 0 atom stereocenters. The van der Waals surface area contributed by atoms with E-state index in [9.17, 15) is 8.42 Å². The lowest BCUT2D eigenvalue weighted by Crippen LogP contribution is -2.18. The number of nitrogens with one attached hydrogen (secondary N) is 1. The molecule has 2 rings (SSSR count). The number of anilines is 1. The van der Waals surface area contributed by atoms with E-state index in [2.05, 4.69) is 46.5 Å². The van der Waals surface area contributed by atoms with Gasteiger partial charge in [0.15, 0.2) is 10.4 Å². The molecule has 5 nitrogen and oxygen atoms in total. The first kappa shape index (κ1) is 11.3. The minimum Gasteiger partial charge on any atom is -0.265 e. The molecule has 1 aliphatic carbocycles. The summed E-state index contributed by atoms with van der Waals surface area (Å²) in [6.45, 7) is 0. The Morgan fingerprint density at radius 1 is 1.40 bits per heavy atom. The number of hydrogen-bond donors (Lipinski definition) is 1. The highest BCUT2D eigenvalue weighted by Crippen LogP contribution is 2.30. The van der Waals surface area contributed by atoms with Crippen molar-refractivity contribution in [3.63, 3.8) is 0 Å². The van der Waals surface area contributed by atoms with Crippen LogP contribution in [-0.2, 0) is 10.0 Å². The van der Waals surface area contributed by atoms with Crippen LogP contribution in [0.3, 0.4) is 0 Å². The van der Waals surface area contributed by atoms with Gasteiger partial charge in [0.2, 0.25) is 10.0 Å². The summed E-state index contributed by atoms with van der Waals surface area (Å²) in [6.07, 6.45) is 2.88. The summed E-state index contributed by atoms with van der Waals surface area (Å²) >= 11 is 6.28. The highest BCUT2D eigenvalue weighted by atomic mass is 79.9. The van der Waals surface area contributed by atoms with Crippen molar-refractivity contribution in [1.29, 1.82) is 0 Å². The molecule has 82 valence electrons. The molecule has 1 fully saturated rings. The monoisotopic (exact) mass is 355 g/mol. The molecule has 1 heterocycles. The van der Waals surface area contributed by atoms with E-state index in [1.54, 1.807) is 0 Å². The van der Waals surface area contributed by atoms with E-state index in [1.165, 1.54) is 6.20 Å². The zero-order chi connectivity index (χ0) is 11.1. The van der Waals surface area contributed by atoms with Crippen LogP contribution >= 0.6 is 31.9 Å². The van der Waals surface area contributed by atoms with Crippen LogP contribution in [0.2, 0.25) is 0 Å². The van der Waals surface area contributed by atoms with Crippen LogP contribution in [0.1, 0.15) is 12.8 Å². The smallest absolute Gasteiger partial charge is 0.236 e. The largest absolute Gasteiger partial charge is 0.265 e. The maximum Gasteiger partial charge on any atom is 0.236 e. The van der Waals surface area contributed by atoms with Crippen LogP contribution < -0.4 is 4.72 Å². The lowest BCUT2D eigenvalue weighted by molar-refractivity contribution is 0.599. The molecule has 1 N–H and O–H groups in total. The van der Waals surface area contributed by atoms with Gasteiger partial charge in [0.1, 0.15) is 4.60 Å². The van der Waals surface area contributed by atoms with Crippen LogP contribution in [0.5, 0.6) is 0 Å². The van der Waals surface area contributed by atoms with Crippen molar-refractivity contribution in [3.8, 4) is 0 Å². The predicted molar refractivity (Wildman–Crippen MR) is 63.0 cm³/mol. The number of sulfonamides is 1. The Morgan fingerprint density at radius 2 is 2.07 bits per heavy atom. The predicted octanol–water partition coefficient (Wildman–Crippen LogP) is 1.91.